The summed E-state index contributed by atoms with van der Waals surface area (Å²) in [4.78, 5) is 10.8. The Morgan fingerprint density at radius 1 is 1.40 bits per heavy atom. The number of carboxylic acids is 1. The fraction of sp³-hybridized carbons (Fsp3) is 0.385. The van der Waals surface area contributed by atoms with Crippen LogP contribution in [0.5, 0.6) is 5.75 Å². The van der Waals surface area contributed by atoms with Crippen LogP contribution in [0, 0.1) is 0 Å². The molecule has 2 rings (SSSR count). The van der Waals surface area contributed by atoms with E-state index in [9.17, 15) is 4.79 Å². The van der Waals surface area contributed by atoms with Gasteiger partial charge in [0.05, 0.1) is 12.5 Å². The molecule has 0 aliphatic heterocycles. The average molecular weight is 276 g/mol. The minimum absolute atomic E-state index is 0.0140. The fourth-order valence-electron chi connectivity index (χ4n) is 1.86. The fourth-order valence-corrected chi connectivity index (χ4v) is 1.86. The molecular weight excluding hydrogens is 260 g/mol. The molecule has 0 aliphatic rings. The molecular formula is C13H16N4O3. The standard InChI is InChI=1S/C13H16N4O3/c1-2-10(8-13(18)19)17-12(14-15-16-17)9-20-11-6-4-3-5-7-11/h3-7,10H,2,8-9H2,1H3,(H,18,19). The predicted octanol–water partition coefficient (Wildman–Crippen LogP) is 1.68. The Balaban J connectivity index is 2.06. The normalized spacial score (nSPS) is 12.1. The van der Waals surface area contributed by atoms with Crippen LogP contribution in [0.1, 0.15) is 31.6 Å². The molecule has 7 heteroatoms. The number of para-hydroxylation sites is 1. The highest BCUT2D eigenvalue weighted by Crippen LogP contribution is 2.17. The number of ether oxygens (including phenoxy) is 1. The van der Waals surface area contributed by atoms with Crippen LogP contribution >= 0.6 is 0 Å². The van der Waals surface area contributed by atoms with Crippen molar-refractivity contribution in [2.75, 3.05) is 0 Å². The largest absolute Gasteiger partial charge is 0.486 e. The van der Waals surface area contributed by atoms with Crippen molar-refractivity contribution in [3.05, 3.63) is 36.2 Å². The molecule has 0 aliphatic carbocycles. The molecule has 0 saturated heterocycles. The second kappa shape index (κ2) is 6.65. The number of rotatable bonds is 7. The summed E-state index contributed by atoms with van der Waals surface area (Å²) < 4.78 is 7.10. The minimum atomic E-state index is -0.873. The molecule has 1 aromatic heterocycles. The van der Waals surface area contributed by atoms with Gasteiger partial charge in [-0.25, -0.2) is 4.68 Å². The molecule has 1 heterocycles. The van der Waals surface area contributed by atoms with Crippen LogP contribution in [-0.4, -0.2) is 31.3 Å². The van der Waals surface area contributed by atoms with E-state index in [1.54, 1.807) is 0 Å². The van der Waals surface area contributed by atoms with Gasteiger partial charge in [0.15, 0.2) is 5.82 Å². The number of carbonyl (C=O) groups is 1. The van der Waals surface area contributed by atoms with E-state index in [-0.39, 0.29) is 19.1 Å². The van der Waals surface area contributed by atoms with Crippen LogP contribution in [0.2, 0.25) is 0 Å². The molecule has 1 N–H and O–H groups in total. The smallest absolute Gasteiger partial charge is 0.305 e. The zero-order valence-corrected chi connectivity index (χ0v) is 11.1. The van der Waals surface area contributed by atoms with E-state index in [2.05, 4.69) is 15.5 Å². The summed E-state index contributed by atoms with van der Waals surface area (Å²) in [5.41, 5.74) is 0. The highest BCUT2D eigenvalue weighted by atomic mass is 16.5. The van der Waals surface area contributed by atoms with Crippen LogP contribution in [0.15, 0.2) is 30.3 Å². The lowest BCUT2D eigenvalue weighted by Gasteiger charge is -2.14. The van der Waals surface area contributed by atoms with Crippen molar-refractivity contribution in [1.29, 1.82) is 0 Å². The van der Waals surface area contributed by atoms with Gasteiger partial charge in [0.25, 0.3) is 0 Å². The third kappa shape index (κ3) is 3.53. The summed E-state index contributed by atoms with van der Waals surface area (Å²) in [6.45, 7) is 2.10. The summed E-state index contributed by atoms with van der Waals surface area (Å²) in [5, 5.41) is 20.3. The first-order valence-corrected chi connectivity index (χ1v) is 6.37. The number of aliphatic carboxylic acids is 1. The Hall–Kier alpha value is -2.44. The summed E-state index contributed by atoms with van der Waals surface area (Å²) in [6, 6.07) is 9.05. The molecule has 1 unspecified atom stereocenters. The number of nitrogens with zero attached hydrogens (tertiary/aromatic N) is 4. The van der Waals surface area contributed by atoms with Crippen molar-refractivity contribution in [1.82, 2.24) is 20.2 Å². The monoisotopic (exact) mass is 276 g/mol. The highest BCUT2D eigenvalue weighted by Gasteiger charge is 2.19. The van der Waals surface area contributed by atoms with E-state index in [1.807, 2.05) is 37.3 Å². The second-order valence-electron chi connectivity index (χ2n) is 4.30. The van der Waals surface area contributed by atoms with E-state index >= 15 is 0 Å². The molecule has 0 saturated carbocycles. The van der Waals surface area contributed by atoms with Gasteiger partial charge in [-0.05, 0) is 29.0 Å². The summed E-state index contributed by atoms with van der Waals surface area (Å²) in [7, 11) is 0. The molecule has 1 aromatic carbocycles. The van der Waals surface area contributed by atoms with E-state index in [1.165, 1.54) is 4.68 Å². The summed E-state index contributed by atoms with van der Waals surface area (Å²) >= 11 is 0. The quantitative estimate of drug-likeness (QED) is 0.827. The maximum Gasteiger partial charge on any atom is 0.305 e. The van der Waals surface area contributed by atoms with E-state index in [0.717, 1.165) is 0 Å². The zero-order chi connectivity index (χ0) is 14.4. The van der Waals surface area contributed by atoms with Crippen molar-refractivity contribution >= 4 is 5.97 Å². The Labute approximate surface area is 116 Å². The number of aromatic nitrogens is 4. The van der Waals surface area contributed by atoms with Crippen LogP contribution in [0.25, 0.3) is 0 Å². The van der Waals surface area contributed by atoms with Crippen LogP contribution in [0.3, 0.4) is 0 Å². The molecule has 2 aromatic rings. The first kappa shape index (κ1) is 14.0. The lowest BCUT2D eigenvalue weighted by atomic mass is 10.1. The molecule has 1 atom stereocenters. The SMILES string of the molecule is CCC(CC(=O)O)n1nnnc1COc1ccccc1. The Bertz CT molecular complexity index is 556. The van der Waals surface area contributed by atoms with Crippen molar-refractivity contribution < 1.29 is 14.6 Å². The van der Waals surface area contributed by atoms with Gasteiger partial charge in [-0.2, -0.15) is 0 Å². The lowest BCUT2D eigenvalue weighted by Crippen LogP contribution is -2.18. The number of benzene rings is 1. The molecule has 0 radical (unpaired) electrons. The van der Waals surface area contributed by atoms with Gasteiger partial charge < -0.3 is 9.84 Å². The number of hydrogen-bond acceptors (Lipinski definition) is 5. The number of carboxylic acid groups (broad SMARTS) is 1. The molecule has 106 valence electrons. The van der Waals surface area contributed by atoms with Crippen molar-refractivity contribution in [2.24, 2.45) is 0 Å². The second-order valence-corrected chi connectivity index (χ2v) is 4.30. The molecule has 20 heavy (non-hydrogen) atoms. The highest BCUT2D eigenvalue weighted by molar-refractivity contribution is 5.67. The van der Waals surface area contributed by atoms with Crippen molar-refractivity contribution in [3.8, 4) is 5.75 Å². The van der Waals surface area contributed by atoms with Crippen LogP contribution < -0.4 is 4.74 Å². The van der Waals surface area contributed by atoms with Crippen LogP contribution in [0.4, 0.5) is 0 Å². The molecule has 0 amide bonds. The van der Waals surface area contributed by atoms with Crippen molar-refractivity contribution in [2.45, 2.75) is 32.4 Å². The number of tetrazole rings is 1. The van der Waals surface area contributed by atoms with E-state index in [4.69, 9.17) is 9.84 Å². The number of hydrogen-bond donors (Lipinski definition) is 1. The Morgan fingerprint density at radius 2 is 2.15 bits per heavy atom. The Morgan fingerprint density at radius 3 is 2.80 bits per heavy atom. The van der Waals surface area contributed by atoms with Gasteiger partial charge in [-0.15, -0.1) is 5.10 Å². The Kier molecular flexibility index (Phi) is 4.65. The third-order valence-corrected chi connectivity index (χ3v) is 2.90. The summed E-state index contributed by atoms with van der Waals surface area (Å²) in [5.74, 6) is 0.359. The average Bonchev–Trinajstić information content (AvgIpc) is 2.91. The maximum atomic E-state index is 10.8. The van der Waals surface area contributed by atoms with Gasteiger partial charge in [-0.3, -0.25) is 4.79 Å². The van der Waals surface area contributed by atoms with Crippen molar-refractivity contribution in [3.63, 3.8) is 0 Å². The first-order chi connectivity index (χ1) is 9.70. The van der Waals surface area contributed by atoms with Crippen LogP contribution in [-0.2, 0) is 11.4 Å². The van der Waals surface area contributed by atoms with Gasteiger partial charge >= 0.3 is 5.97 Å². The molecule has 0 spiro atoms. The molecule has 7 nitrogen and oxygen atoms in total. The van der Waals surface area contributed by atoms with E-state index < -0.39 is 5.97 Å². The maximum absolute atomic E-state index is 10.8. The third-order valence-electron chi connectivity index (χ3n) is 2.90. The predicted molar refractivity (Wildman–Crippen MR) is 70.2 cm³/mol. The topological polar surface area (TPSA) is 90.1 Å². The van der Waals surface area contributed by atoms with Gasteiger partial charge in [0.2, 0.25) is 0 Å². The molecule has 0 fully saturated rings. The summed E-state index contributed by atoms with van der Waals surface area (Å²) in [6.07, 6.45) is 0.621. The van der Waals surface area contributed by atoms with Gasteiger partial charge in [-0.1, -0.05) is 25.1 Å². The van der Waals surface area contributed by atoms with Gasteiger partial charge in [0, 0.05) is 0 Å². The zero-order valence-electron chi connectivity index (χ0n) is 11.1. The van der Waals surface area contributed by atoms with Gasteiger partial charge in [0.1, 0.15) is 12.4 Å². The van der Waals surface area contributed by atoms with E-state index in [0.29, 0.717) is 18.0 Å². The molecule has 0 bridgehead atoms. The lowest BCUT2D eigenvalue weighted by molar-refractivity contribution is -0.138. The first-order valence-electron chi connectivity index (χ1n) is 6.37. The minimum Gasteiger partial charge on any atom is -0.486 e.